The molecule has 0 aliphatic heterocycles. The number of hydrogen-bond donors (Lipinski definition) is 0. The highest BCUT2D eigenvalue weighted by Crippen LogP contribution is 2.36. The predicted molar refractivity (Wildman–Crippen MR) is 95.8 cm³/mol. The summed E-state index contributed by atoms with van der Waals surface area (Å²) < 4.78 is 4.64. The summed E-state index contributed by atoms with van der Waals surface area (Å²) in [5, 5.41) is -0.351. The maximum absolute atomic E-state index is 12.9. The first-order chi connectivity index (χ1) is 11.6. The summed E-state index contributed by atoms with van der Waals surface area (Å²) in [7, 11) is 3.06. The van der Waals surface area contributed by atoms with E-state index in [-0.39, 0.29) is 23.5 Å². The van der Waals surface area contributed by atoms with Crippen LogP contribution in [0.15, 0.2) is 65.6 Å². The van der Waals surface area contributed by atoms with E-state index in [4.69, 9.17) is 0 Å². The van der Waals surface area contributed by atoms with Crippen LogP contribution in [0.5, 0.6) is 0 Å². The second-order valence-electron chi connectivity index (χ2n) is 5.31. The molecule has 0 aliphatic rings. The first kappa shape index (κ1) is 18.1. The zero-order valence-corrected chi connectivity index (χ0v) is 14.7. The second-order valence-corrected chi connectivity index (χ2v) is 6.49. The molecule has 0 fully saturated rings. The SMILES string of the molecule is COC(=O)CCN(C)C(=O)C(Sc1ccccc1)c1ccccc1. The molecule has 126 valence electrons. The third kappa shape index (κ3) is 5.13. The number of amides is 1. The average Bonchev–Trinajstić information content (AvgIpc) is 2.64. The summed E-state index contributed by atoms with van der Waals surface area (Å²) in [5.74, 6) is -0.347. The molecule has 2 aromatic carbocycles. The van der Waals surface area contributed by atoms with Crippen LogP contribution in [-0.2, 0) is 14.3 Å². The van der Waals surface area contributed by atoms with Crippen molar-refractivity contribution in [2.24, 2.45) is 0 Å². The number of esters is 1. The van der Waals surface area contributed by atoms with E-state index in [1.54, 1.807) is 11.9 Å². The topological polar surface area (TPSA) is 46.6 Å². The molecule has 1 atom stereocenters. The standard InChI is InChI=1S/C19H21NO3S/c1-20(14-13-17(21)23-2)19(22)18(15-9-5-3-6-10-15)24-16-11-7-4-8-12-16/h3-12,18H,13-14H2,1-2H3. The summed E-state index contributed by atoms with van der Waals surface area (Å²) in [6.45, 7) is 0.337. The van der Waals surface area contributed by atoms with Crippen LogP contribution < -0.4 is 0 Å². The first-order valence-electron chi connectivity index (χ1n) is 7.70. The lowest BCUT2D eigenvalue weighted by Gasteiger charge is -2.23. The Morgan fingerprint density at radius 1 is 1.04 bits per heavy atom. The van der Waals surface area contributed by atoms with Crippen molar-refractivity contribution < 1.29 is 14.3 Å². The molecule has 0 aliphatic carbocycles. The van der Waals surface area contributed by atoms with E-state index in [9.17, 15) is 9.59 Å². The number of hydrogen-bond acceptors (Lipinski definition) is 4. The van der Waals surface area contributed by atoms with E-state index in [0.29, 0.717) is 6.54 Å². The van der Waals surface area contributed by atoms with Gasteiger partial charge in [-0.1, -0.05) is 48.5 Å². The van der Waals surface area contributed by atoms with E-state index in [2.05, 4.69) is 4.74 Å². The van der Waals surface area contributed by atoms with Gasteiger partial charge in [0.1, 0.15) is 5.25 Å². The third-order valence-electron chi connectivity index (χ3n) is 3.58. The summed E-state index contributed by atoms with van der Waals surface area (Å²) in [5.41, 5.74) is 0.946. The number of thioether (sulfide) groups is 1. The molecule has 2 aromatic rings. The minimum absolute atomic E-state index is 0.0287. The quantitative estimate of drug-likeness (QED) is 0.570. The predicted octanol–water partition coefficient (Wildman–Crippen LogP) is 3.54. The van der Waals surface area contributed by atoms with E-state index < -0.39 is 0 Å². The van der Waals surface area contributed by atoms with Gasteiger partial charge in [0.25, 0.3) is 0 Å². The Bertz CT molecular complexity index is 661. The van der Waals surface area contributed by atoms with Crippen molar-refractivity contribution in [1.82, 2.24) is 4.90 Å². The molecule has 1 unspecified atom stereocenters. The van der Waals surface area contributed by atoms with Crippen molar-refractivity contribution in [3.05, 3.63) is 66.2 Å². The highest BCUT2D eigenvalue weighted by molar-refractivity contribution is 8.00. The van der Waals surface area contributed by atoms with Gasteiger partial charge in [0.2, 0.25) is 5.91 Å². The van der Waals surface area contributed by atoms with Crippen LogP contribution in [0.1, 0.15) is 17.2 Å². The lowest BCUT2D eigenvalue weighted by atomic mass is 10.1. The number of carbonyl (C=O) groups excluding carboxylic acids is 2. The minimum atomic E-state index is -0.351. The normalized spacial score (nSPS) is 11.6. The van der Waals surface area contributed by atoms with Crippen molar-refractivity contribution in [2.45, 2.75) is 16.6 Å². The van der Waals surface area contributed by atoms with Gasteiger partial charge in [0, 0.05) is 18.5 Å². The Morgan fingerprint density at radius 3 is 2.21 bits per heavy atom. The first-order valence-corrected chi connectivity index (χ1v) is 8.58. The van der Waals surface area contributed by atoms with Gasteiger partial charge in [-0.3, -0.25) is 9.59 Å². The molecule has 2 rings (SSSR count). The van der Waals surface area contributed by atoms with Gasteiger partial charge >= 0.3 is 5.97 Å². The third-order valence-corrected chi connectivity index (χ3v) is 4.83. The van der Waals surface area contributed by atoms with Gasteiger partial charge in [-0.2, -0.15) is 0 Å². The molecule has 0 N–H and O–H groups in total. The summed E-state index contributed by atoms with van der Waals surface area (Å²) >= 11 is 1.51. The number of methoxy groups -OCH3 is 1. The molecule has 0 spiro atoms. The smallest absolute Gasteiger partial charge is 0.307 e. The van der Waals surface area contributed by atoms with E-state index in [0.717, 1.165) is 10.5 Å². The fraction of sp³-hybridized carbons (Fsp3) is 0.263. The van der Waals surface area contributed by atoms with Crippen molar-refractivity contribution in [3.63, 3.8) is 0 Å². The Kier molecular flexibility index (Phi) is 6.88. The summed E-state index contributed by atoms with van der Waals surface area (Å²) in [4.78, 5) is 26.8. The largest absolute Gasteiger partial charge is 0.469 e. The van der Waals surface area contributed by atoms with Gasteiger partial charge < -0.3 is 9.64 Å². The number of benzene rings is 2. The molecular formula is C19H21NO3S. The van der Waals surface area contributed by atoms with Crippen LogP contribution in [0, 0.1) is 0 Å². The monoisotopic (exact) mass is 343 g/mol. The molecule has 0 saturated carbocycles. The summed E-state index contributed by atoms with van der Waals surface area (Å²) in [6, 6.07) is 19.5. The van der Waals surface area contributed by atoms with Gasteiger partial charge in [0.15, 0.2) is 0 Å². The van der Waals surface area contributed by atoms with Crippen LogP contribution in [-0.4, -0.2) is 37.5 Å². The van der Waals surface area contributed by atoms with E-state index in [1.165, 1.54) is 18.9 Å². The number of rotatable bonds is 7. The van der Waals surface area contributed by atoms with Crippen LogP contribution in [0.25, 0.3) is 0 Å². The van der Waals surface area contributed by atoms with Crippen LogP contribution in [0.2, 0.25) is 0 Å². The zero-order chi connectivity index (χ0) is 17.4. The maximum atomic E-state index is 12.9. The Morgan fingerprint density at radius 2 is 1.62 bits per heavy atom. The van der Waals surface area contributed by atoms with E-state index >= 15 is 0 Å². The number of nitrogens with zero attached hydrogens (tertiary/aromatic N) is 1. The lowest BCUT2D eigenvalue weighted by molar-refractivity contribution is -0.141. The van der Waals surface area contributed by atoms with Crippen LogP contribution in [0.3, 0.4) is 0 Å². The molecule has 0 radical (unpaired) electrons. The molecule has 0 aromatic heterocycles. The van der Waals surface area contributed by atoms with Gasteiger partial charge in [-0.25, -0.2) is 0 Å². The molecule has 0 heterocycles. The van der Waals surface area contributed by atoms with Crippen LogP contribution >= 0.6 is 11.8 Å². The summed E-state index contributed by atoms with van der Waals surface area (Å²) in [6.07, 6.45) is 0.191. The lowest BCUT2D eigenvalue weighted by Crippen LogP contribution is -2.32. The zero-order valence-electron chi connectivity index (χ0n) is 13.8. The minimum Gasteiger partial charge on any atom is -0.469 e. The molecule has 4 nitrogen and oxygen atoms in total. The van der Waals surface area contributed by atoms with Gasteiger partial charge in [-0.15, -0.1) is 11.8 Å². The van der Waals surface area contributed by atoms with Crippen molar-refractivity contribution in [2.75, 3.05) is 20.7 Å². The molecule has 24 heavy (non-hydrogen) atoms. The van der Waals surface area contributed by atoms with Crippen LogP contribution in [0.4, 0.5) is 0 Å². The average molecular weight is 343 g/mol. The Labute approximate surface area is 146 Å². The number of ether oxygens (including phenoxy) is 1. The fourth-order valence-electron chi connectivity index (χ4n) is 2.20. The second kappa shape index (κ2) is 9.13. The highest BCUT2D eigenvalue weighted by atomic mass is 32.2. The number of carbonyl (C=O) groups is 2. The van der Waals surface area contributed by atoms with Crippen molar-refractivity contribution in [3.8, 4) is 0 Å². The van der Waals surface area contributed by atoms with Crippen molar-refractivity contribution >= 4 is 23.6 Å². The van der Waals surface area contributed by atoms with Gasteiger partial charge in [0.05, 0.1) is 13.5 Å². The molecule has 0 bridgehead atoms. The Hall–Kier alpha value is -2.27. The highest BCUT2D eigenvalue weighted by Gasteiger charge is 2.25. The van der Waals surface area contributed by atoms with Crippen molar-refractivity contribution in [1.29, 1.82) is 0 Å². The fourth-order valence-corrected chi connectivity index (χ4v) is 3.36. The molecular weight excluding hydrogens is 322 g/mol. The molecule has 5 heteroatoms. The molecule has 0 saturated heterocycles. The molecule has 1 amide bonds. The maximum Gasteiger partial charge on any atom is 0.307 e. The van der Waals surface area contributed by atoms with Gasteiger partial charge in [-0.05, 0) is 17.7 Å². The van der Waals surface area contributed by atoms with E-state index in [1.807, 2.05) is 60.7 Å². The Balaban J connectivity index is 2.15. The number of likely N-dealkylation sites (N-methyl/N-ethyl adjacent to an activating group) is 1.